The van der Waals surface area contributed by atoms with Crippen molar-refractivity contribution in [1.82, 2.24) is 0 Å². The molecular weight excluding hydrogens is 286 g/mol. The number of hydrogen-bond acceptors (Lipinski definition) is 3. The highest BCUT2D eigenvalue weighted by molar-refractivity contribution is 9.10. The third-order valence-corrected chi connectivity index (χ3v) is 4.20. The van der Waals surface area contributed by atoms with E-state index in [2.05, 4.69) is 22.0 Å². The van der Waals surface area contributed by atoms with Crippen molar-refractivity contribution in [2.45, 2.75) is 17.6 Å². The summed E-state index contributed by atoms with van der Waals surface area (Å²) >= 11 is 5.14. The summed E-state index contributed by atoms with van der Waals surface area (Å²) in [6.45, 7) is 1.97. The Hall–Kier alpha value is -0.870. The standard InChI is InChI=1S/C12H12BrNOS/c1-8-12(4-5-15-8)16-7-9-2-3-10(13)11(14)6-9/h2-6H,7,14H2,1H3. The van der Waals surface area contributed by atoms with Crippen LogP contribution in [-0.4, -0.2) is 0 Å². The largest absolute Gasteiger partial charge is 0.468 e. The molecule has 0 atom stereocenters. The van der Waals surface area contributed by atoms with Crippen LogP contribution in [0.3, 0.4) is 0 Å². The summed E-state index contributed by atoms with van der Waals surface area (Å²) in [5.41, 5.74) is 7.82. The van der Waals surface area contributed by atoms with E-state index in [0.29, 0.717) is 0 Å². The molecule has 4 heteroatoms. The Morgan fingerprint density at radius 2 is 2.19 bits per heavy atom. The Kier molecular flexibility index (Phi) is 3.61. The quantitative estimate of drug-likeness (QED) is 0.681. The number of aryl methyl sites for hydroxylation is 1. The molecule has 0 bridgehead atoms. The van der Waals surface area contributed by atoms with Crippen molar-refractivity contribution in [3.05, 3.63) is 46.3 Å². The first-order valence-electron chi connectivity index (χ1n) is 4.87. The monoisotopic (exact) mass is 297 g/mol. The van der Waals surface area contributed by atoms with Crippen LogP contribution in [-0.2, 0) is 5.75 Å². The van der Waals surface area contributed by atoms with Gasteiger partial charge in [0.25, 0.3) is 0 Å². The van der Waals surface area contributed by atoms with Crippen molar-refractivity contribution < 1.29 is 4.42 Å². The van der Waals surface area contributed by atoms with Crippen LogP contribution in [0.5, 0.6) is 0 Å². The van der Waals surface area contributed by atoms with Gasteiger partial charge in [-0.05, 0) is 46.6 Å². The molecule has 0 spiro atoms. The molecule has 1 heterocycles. The minimum Gasteiger partial charge on any atom is -0.468 e. The van der Waals surface area contributed by atoms with E-state index in [1.165, 1.54) is 10.5 Å². The summed E-state index contributed by atoms with van der Waals surface area (Å²) in [5, 5.41) is 0. The van der Waals surface area contributed by atoms with Crippen molar-refractivity contribution >= 4 is 33.4 Å². The molecule has 0 unspecified atom stereocenters. The van der Waals surface area contributed by atoms with Gasteiger partial charge in [-0.1, -0.05) is 6.07 Å². The van der Waals surface area contributed by atoms with Gasteiger partial charge in [-0.15, -0.1) is 11.8 Å². The molecule has 84 valence electrons. The number of nitrogens with two attached hydrogens (primary N) is 1. The number of halogens is 1. The molecule has 0 radical (unpaired) electrons. The van der Waals surface area contributed by atoms with Crippen LogP contribution in [0.25, 0.3) is 0 Å². The van der Waals surface area contributed by atoms with Crippen molar-refractivity contribution in [2.75, 3.05) is 5.73 Å². The van der Waals surface area contributed by atoms with Crippen LogP contribution >= 0.6 is 27.7 Å². The van der Waals surface area contributed by atoms with Gasteiger partial charge in [-0.2, -0.15) is 0 Å². The van der Waals surface area contributed by atoms with Crippen LogP contribution in [0.2, 0.25) is 0 Å². The first-order valence-corrected chi connectivity index (χ1v) is 6.65. The summed E-state index contributed by atoms with van der Waals surface area (Å²) in [6.07, 6.45) is 1.72. The molecule has 2 rings (SSSR count). The Balaban J connectivity index is 2.05. The fourth-order valence-corrected chi connectivity index (χ4v) is 2.52. The van der Waals surface area contributed by atoms with Crippen molar-refractivity contribution in [1.29, 1.82) is 0 Å². The molecule has 0 aliphatic heterocycles. The number of benzene rings is 1. The molecule has 0 saturated carbocycles. The smallest absolute Gasteiger partial charge is 0.114 e. The normalized spacial score (nSPS) is 10.6. The highest BCUT2D eigenvalue weighted by Gasteiger charge is 2.03. The van der Waals surface area contributed by atoms with E-state index in [1.54, 1.807) is 18.0 Å². The molecule has 0 aliphatic rings. The van der Waals surface area contributed by atoms with Crippen LogP contribution in [0.1, 0.15) is 11.3 Å². The molecule has 16 heavy (non-hydrogen) atoms. The Morgan fingerprint density at radius 1 is 1.38 bits per heavy atom. The molecule has 1 aromatic heterocycles. The zero-order valence-electron chi connectivity index (χ0n) is 8.87. The predicted molar refractivity (Wildman–Crippen MR) is 71.6 cm³/mol. The van der Waals surface area contributed by atoms with Gasteiger partial charge in [0.15, 0.2) is 0 Å². The van der Waals surface area contributed by atoms with Gasteiger partial charge in [-0.3, -0.25) is 0 Å². The lowest BCUT2D eigenvalue weighted by molar-refractivity contribution is 0.527. The third kappa shape index (κ3) is 2.62. The average Bonchev–Trinajstić information content (AvgIpc) is 2.66. The van der Waals surface area contributed by atoms with Crippen molar-refractivity contribution in [3.8, 4) is 0 Å². The molecule has 0 saturated heterocycles. The number of rotatable bonds is 3. The maximum atomic E-state index is 5.82. The first kappa shape index (κ1) is 11.6. The van der Waals surface area contributed by atoms with Gasteiger partial charge in [0.05, 0.1) is 6.26 Å². The van der Waals surface area contributed by atoms with Gasteiger partial charge in [0, 0.05) is 20.8 Å². The van der Waals surface area contributed by atoms with Crippen LogP contribution in [0.15, 0.2) is 44.3 Å². The average molecular weight is 298 g/mol. The first-order chi connectivity index (χ1) is 7.66. The third-order valence-electron chi connectivity index (χ3n) is 2.27. The summed E-state index contributed by atoms with van der Waals surface area (Å²) < 4.78 is 6.19. The minimum absolute atomic E-state index is 0.780. The van der Waals surface area contributed by atoms with Gasteiger partial charge in [0.1, 0.15) is 5.76 Å². The van der Waals surface area contributed by atoms with Gasteiger partial charge >= 0.3 is 0 Å². The van der Waals surface area contributed by atoms with E-state index in [0.717, 1.165) is 21.7 Å². The maximum absolute atomic E-state index is 5.82. The van der Waals surface area contributed by atoms with E-state index in [-0.39, 0.29) is 0 Å². The number of hydrogen-bond donors (Lipinski definition) is 1. The number of furan rings is 1. The molecule has 0 fully saturated rings. The van der Waals surface area contributed by atoms with E-state index >= 15 is 0 Å². The molecular formula is C12H12BrNOS. The Bertz CT molecular complexity index is 496. The van der Waals surface area contributed by atoms with E-state index in [4.69, 9.17) is 10.2 Å². The fraction of sp³-hybridized carbons (Fsp3) is 0.167. The Morgan fingerprint density at radius 3 is 2.81 bits per heavy atom. The second-order valence-corrected chi connectivity index (χ2v) is 5.36. The summed E-state index contributed by atoms with van der Waals surface area (Å²) in [6, 6.07) is 8.03. The predicted octanol–water partition coefficient (Wildman–Crippen LogP) is 4.23. The lowest BCUT2D eigenvalue weighted by Gasteiger charge is -2.03. The van der Waals surface area contributed by atoms with Gasteiger partial charge < -0.3 is 10.2 Å². The lowest BCUT2D eigenvalue weighted by Crippen LogP contribution is -1.89. The summed E-state index contributed by atoms with van der Waals surface area (Å²) in [7, 11) is 0. The van der Waals surface area contributed by atoms with Crippen LogP contribution in [0.4, 0.5) is 5.69 Å². The molecule has 0 amide bonds. The summed E-state index contributed by atoms with van der Waals surface area (Å²) in [5.74, 6) is 1.87. The SMILES string of the molecule is Cc1occc1SCc1ccc(Br)c(N)c1. The van der Waals surface area contributed by atoms with Gasteiger partial charge in [-0.25, -0.2) is 0 Å². The molecule has 2 N–H and O–H groups in total. The summed E-state index contributed by atoms with van der Waals surface area (Å²) in [4.78, 5) is 1.18. The highest BCUT2D eigenvalue weighted by Crippen LogP contribution is 2.28. The second-order valence-electron chi connectivity index (χ2n) is 3.49. The van der Waals surface area contributed by atoms with E-state index in [1.807, 2.05) is 25.1 Å². The van der Waals surface area contributed by atoms with Crippen molar-refractivity contribution in [2.24, 2.45) is 0 Å². The number of thioether (sulfide) groups is 1. The Labute approximate surface area is 107 Å². The van der Waals surface area contributed by atoms with Crippen molar-refractivity contribution in [3.63, 3.8) is 0 Å². The minimum atomic E-state index is 0.780. The zero-order valence-corrected chi connectivity index (χ0v) is 11.3. The van der Waals surface area contributed by atoms with E-state index < -0.39 is 0 Å². The van der Waals surface area contributed by atoms with Crippen LogP contribution < -0.4 is 5.73 Å². The zero-order chi connectivity index (χ0) is 11.5. The maximum Gasteiger partial charge on any atom is 0.114 e. The second kappa shape index (κ2) is 4.97. The molecule has 2 nitrogen and oxygen atoms in total. The van der Waals surface area contributed by atoms with Crippen LogP contribution in [0, 0.1) is 6.92 Å². The topological polar surface area (TPSA) is 39.2 Å². The lowest BCUT2D eigenvalue weighted by atomic mass is 10.2. The molecule has 1 aromatic carbocycles. The fourth-order valence-electron chi connectivity index (χ4n) is 1.37. The molecule has 2 aromatic rings. The number of anilines is 1. The number of nitrogen functional groups attached to an aromatic ring is 1. The van der Waals surface area contributed by atoms with Gasteiger partial charge in [0.2, 0.25) is 0 Å². The van der Waals surface area contributed by atoms with E-state index in [9.17, 15) is 0 Å². The highest BCUT2D eigenvalue weighted by atomic mass is 79.9. The molecule has 0 aliphatic carbocycles.